The molecule has 1 aromatic rings. The molecule has 1 unspecified atom stereocenters. The molecule has 5 heteroatoms. The van der Waals surface area contributed by atoms with Gasteiger partial charge in [-0.15, -0.1) is 5.10 Å². The van der Waals surface area contributed by atoms with Crippen molar-refractivity contribution in [2.24, 2.45) is 0 Å². The predicted molar refractivity (Wildman–Crippen MR) is 82.9 cm³/mol. The lowest BCUT2D eigenvalue weighted by Gasteiger charge is -2.26. The molecule has 0 radical (unpaired) electrons. The van der Waals surface area contributed by atoms with Crippen LogP contribution >= 0.6 is 11.5 Å². The van der Waals surface area contributed by atoms with Gasteiger partial charge in [-0.1, -0.05) is 32.2 Å². The Morgan fingerprint density at radius 1 is 1.45 bits per heavy atom. The zero-order valence-corrected chi connectivity index (χ0v) is 13.7. The molecule has 0 bridgehead atoms. The zero-order chi connectivity index (χ0) is 14.6. The molecule has 1 aromatic heterocycles. The highest BCUT2D eigenvalue weighted by Gasteiger charge is 2.29. The average Bonchev–Trinajstić information content (AvgIpc) is 2.90. The third-order valence-corrected chi connectivity index (χ3v) is 4.21. The minimum absolute atomic E-state index is 0.0184. The summed E-state index contributed by atoms with van der Waals surface area (Å²) in [6.45, 7) is 10.6. The number of rotatable bonds is 5. The molecule has 1 atom stereocenters. The fourth-order valence-corrected chi connectivity index (χ4v) is 3.37. The molecule has 0 spiro atoms. The van der Waals surface area contributed by atoms with Crippen molar-refractivity contribution in [3.63, 3.8) is 0 Å². The normalized spacial score (nSPS) is 17.5. The highest BCUT2D eigenvalue weighted by atomic mass is 32.1. The summed E-state index contributed by atoms with van der Waals surface area (Å²) >= 11 is 1.51. The highest BCUT2D eigenvalue weighted by molar-refractivity contribution is 7.05. The lowest BCUT2D eigenvalue weighted by atomic mass is 9.88. The van der Waals surface area contributed by atoms with Crippen molar-refractivity contribution < 1.29 is 4.74 Å². The third kappa shape index (κ3) is 3.58. The van der Waals surface area contributed by atoms with E-state index in [1.807, 2.05) is 6.26 Å². The smallest absolute Gasteiger partial charge is 0.0876 e. The summed E-state index contributed by atoms with van der Waals surface area (Å²) in [5, 5.41) is 8.01. The van der Waals surface area contributed by atoms with Gasteiger partial charge >= 0.3 is 0 Å². The number of nitrogens with one attached hydrogen (secondary N) is 1. The Morgan fingerprint density at radius 2 is 2.25 bits per heavy atom. The maximum Gasteiger partial charge on any atom is 0.0876 e. The molecule has 2 rings (SSSR count). The van der Waals surface area contributed by atoms with Crippen LogP contribution in [0.2, 0.25) is 0 Å². The SMILES string of the molecule is CCCNC(C1=COCCC1)c1snnc1C(C)(C)C. The van der Waals surface area contributed by atoms with E-state index in [9.17, 15) is 0 Å². The molecule has 1 aliphatic rings. The minimum Gasteiger partial charge on any atom is -0.501 e. The molecule has 2 heterocycles. The molecule has 112 valence electrons. The first kappa shape index (κ1) is 15.4. The van der Waals surface area contributed by atoms with E-state index in [0.29, 0.717) is 0 Å². The molecule has 0 aliphatic carbocycles. The van der Waals surface area contributed by atoms with Crippen LogP contribution < -0.4 is 5.32 Å². The highest BCUT2D eigenvalue weighted by Crippen LogP contribution is 2.35. The van der Waals surface area contributed by atoms with Gasteiger partial charge in [0.2, 0.25) is 0 Å². The molecular formula is C15H25N3OS. The van der Waals surface area contributed by atoms with Gasteiger partial charge in [-0.3, -0.25) is 0 Å². The summed E-state index contributed by atoms with van der Waals surface area (Å²) in [5.41, 5.74) is 2.44. The van der Waals surface area contributed by atoms with Gasteiger partial charge < -0.3 is 10.1 Å². The van der Waals surface area contributed by atoms with Gasteiger partial charge in [0.15, 0.2) is 0 Å². The molecule has 0 amide bonds. The van der Waals surface area contributed by atoms with Crippen LogP contribution in [0.3, 0.4) is 0 Å². The molecule has 1 aliphatic heterocycles. The van der Waals surface area contributed by atoms with Crippen LogP contribution in [-0.2, 0) is 10.2 Å². The molecule has 0 fully saturated rings. The van der Waals surface area contributed by atoms with Crippen LogP contribution in [0.15, 0.2) is 11.8 Å². The van der Waals surface area contributed by atoms with Crippen molar-refractivity contribution in [3.05, 3.63) is 22.4 Å². The van der Waals surface area contributed by atoms with Crippen LogP contribution in [0, 0.1) is 0 Å². The fraction of sp³-hybridized carbons (Fsp3) is 0.733. The first-order valence-electron chi connectivity index (χ1n) is 7.40. The van der Waals surface area contributed by atoms with Crippen molar-refractivity contribution in [1.82, 2.24) is 14.9 Å². The first-order chi connectivity index (χ1) is 9.54. The molecule has 20 heavy (non-hydrogen) atoms. The van der Waals surface area contributed by atoms with E-state index in [1.54, 1.807) is 0 Å². The van der Waals surface area contributed by atoms with Gasteiger partial charge in [0.05, 0.1) is 29.5 Å². The van der Waals surface area contributed by atoms with E-state index < -0.39 is 0 Å². The van der Waals surface area contributed by atoms with Crippen molar-refractivity contribution >= 4 is 11.5 Å². The molecule has 1 N–H and O–H groups in total. The van der Waals surface area contributed by atoms with E-state index >= 15 is 0 Å². The summed E-state index contributed by atoms with van der Waals surface area (Å²) in [6.07, 6.45) is 5.22. The van der Waals surface area contributed by atoms with Crippen molar-refractivity contribution in [2.75, 3.05) is 13.2 Å². The Bertz CT molecular complexity index is 462. The number of aromatic nitrogens is 2. The maximum atomic E-state index is 5.53. The molecular weight excluding hydrogens is 270 g/mol. The van der Waals surface area contributed by atoms with Crippen LogP contribution in [-0.4, -0.2) is 22.7 Å². The Morgan fingerprint density at radius 3 is 2.85 bits per heavy atom. The second-order valence-corrected chi connectivity index (χ2v) is 7.08. The number of ether oxygens (including phenoxy) is 1. The van der Waals surface area contributed by atoms with Crippen LogP contribution in [0.25, 0.3) is 0 Å². The standard InChI is InChI=1S/C15H25N3OS/c1-5-8-16-12(11-7-6-9-19-10-11)13-14(15(2,3)4)17-18-20-13/h10,12,16H,5-9H2,1-4H3. The minimum atomic E-state index is 0.0184. The van der Waals surface area contributed by atoms with Gasteiger partial charge in [-0.25, -0.2) is 0 Å². The van der Waals surface area contributed by atoms with Crippen molar-refractivity contribution in [1.29, 1.82) is 0 Å². The number of hydrogen-bond donors (Lipinski definition) is 1. The van der Waals surface area contributed by atoms with Crippen LogP contribution in [0.4, 0.5) is 0 Å². The topological polar surface area (TPSA) is 47.0 Å². The van der Waals surface area contributed by atoms with Crippen LogP contribution in [0.1, 0.15) is 63.6 Å². The van der Waals surface area contributed by atoms with Crippen molar-refractivity contribution in [2.45, 2.75) is 58.4 Å². The summed E-state index contributed by atoms with van der Waals surface area (Å²) in [5.74, 6) is 0. The summed E-state index contributed by atoms with van der Waals surface area (Å²) in [4.78, 5) is 1.24. The lowest BCUT2D eigenvalue weighted by Crippen LogP contribution is -2.27. The van der Waals surface area contributed by atoms with E-state index in [1.165, 1.54) is 22.0 Å². The van der Waals surface area contributed by atoms with Gasteiger partial charge in [-0.2, -0.15) is 0 Å². The van der Waals surface area contributed by atoms with Gasteiger partial charge in [0.25, 0.3) is 0 Å². The lowest BCUT2D eigenvalue weighted by molar-refractivity contribution is 0.219. The quantitative estimate of drug-likeness (QED) is 0.902. The molecule has 0 saturated heterocycles. The number of nitrogens with zero attached hydrogens (tertiary/aromatic N) is 2. The third-order valence-electron chi connectivity index (χ3n) is 3.42. The van der Waals surface area contributed by atoms with E-state index in [2.05, 4.69) is 42.6 Å². The van der Waals surface area contributed by atoms with E-state index in [0.717, 1.165) is 38.1 Å². The Balaban J connectivity index is 2.31. The second-order valence-electron chi connectivity index (χ2n) is 6.29. The zero-order valence-electron chi connectivity index (χ0n) is 12.9. The number of hydrogen-bond acceptors (Lipinski definition) is 5. The first-order valence-corrected chi connectivity index (χ1v) is 8.18. The Kier molecular flexibility index (Phi) is 5.16. The maximum absolute atomic E-state index is 5.53. The Labute approximate surface area is 125 Å². The van der Waals surface area contributed by atoms with Crippen molar-refractivity contribution in [3.8, 4) is 0 Å². The molecule has 0 aromatic carbocycles. The summed E-state index contributed by atoms with van der Waals surface area (Å²) < 4.78 is 9.72. The molecule has 0 saturated carbocycles. The average molecular weight is 295 g/mol. The summed E-state index contributed by atoms with van der Waals surface area (Å²) in [6, 6.07) is 0.199. The second kappa shape index (κ2) is 6.68. The van der Waals surface area contributed by atoms with E-state index in [-0.39, 0.29) is 11.5 Å². The predicted octanol–water partition coefficient (Wildman–Crippen LogP) is 3.57. The Hall–Kier alpha value is -0.940. The fourth-order valence-electron chi connectivity index (χ4n) is 2.38. The van der Waals surface area contributed by atoms with Gasteiger partial charge in [0.1, 0.15) is 0 Å². The summed E-state index contributed by atoms with van der Waals surface area (Å²) in [7, 11) is 0. The molecule has 4 nitrogen and oxygen atoms in total. The monoisotopic (exact) mass is 295 g/mol. The van der Waals surface area contributed by atoms with Crippen LogP contribution in [0.5, 0.6) is 0 Å². The van der Waals surface area contributed by atoms with E-state index in [4.69, 9.17) is 4.74 Å². The largest absolute Gasteiger partial charge is 0.501 e. The van der Waals surface area contributed by atoms with Gasteiger partial charge in [-0.05, 0) is 42.9 Å². The van der Waals surface area contributed by atoms with Gasteiger partial charge in [0, 0.05) is 5.41 Å².